The second kappa shape index (κ2) is 14.4. The van der Waals surface area contributed by atoms with Crippen LogP contribution in [-0.2, 0) is 5.41 Å². The molecule has 0 bridgehead atoms. The van der Waals surface area contributed by atoms with Crippen molar-refractivity contribution in [2.45, 2.75) is 39.0 Å². The zero-order valence-electron chi connectivity index (χ0n) is 34.1. The average Bonchev–Trinajstić information content (AvgIpc) is 3.99. The van der Waals surface area contributed by atoms with Gasteiger partial charge in [0.15, 0.2) is 0 Å². The van der Waals surface area contributed by atoms with Gasteiger partial charge in [0.1, 0.15) is 0 Å². The SMILES string of the molecule is Cc1ccc(N(c2ccccc2)c2cc(-c3ccc4c(c3)c3c(n4-c4cccs4)=CCCC=3)cc(N(c3ccccc3)c3ccc4c(c3)C(C)(C)c3ccccc3-4)c2)cc1. The van der Waals surface area contributed by atoms with Crippen molar-refractivity contribution in [2.24, 2.45) is 0 Å². The standard InChI is InChI=1S/C56H45N3S/c1-38-24-27-43(28-25-38)57(41-15-6-4-7-16-41)45-33-40(39-26-31-54-50(35-39)49-20-11-13-22-53(49)59(54)55-23-14-32-60-55)34-46(36-45)58(42-17-8-5-9-18-42)44-29-30-48-47-19-10-12-21-51(47)56(2,3)52(48)37-44/h4-10,12,14-37H,11,13H2,1-3H3. The lowest BCUT2D eigenvalue weighted by Crippen LogP contribution is -2.29. The molecule has 2 aliphatic carbocycles. The van der Waals surface area contributed by atoms with E-state index < -0.39 is 0 Å². The van der Waals surface area contributed by atoms with E-state index in [-0.39, 0.29) is 5.41 Å². The van der Waals surface area contributed by atoms with E-state index in [0.717, 1.165) is 52.5 Å². The predicted molar refractivity (Wildman–Crippen MR) is 256 cm³/mol. The van der Waals surface area contributed by atoms with E-state index in [4.69, 9.17) is 0 Å². The molecule has 0 saturated carbocycles. The van der Waals surface area contributed by atoms with Crippen LogP contribution in [0.3, 0.4) is 0 Å². The van der Waals surface area contributed by atoms with Gasteiger partial charge in [0.05, 0.1) is 15.9 Å². The molecule has 0 atom stereocenters. The highest BCUT2D eigenvalue weighted by Crippen LogP contribution is 2.51. The van der Waals surface area contributed by atoms with Gasteiger partial charge >= 0.3 is 0 Å². The molecule has 4 heteroatoms. The first-order chi connectivity index (χ1) is 29.4. The summed E-state index contributed by atoms with van der Waals surface area (Å²) in [7, 11) is 0. The van der Waals surface area contributed by atoms with E-state index in [9.17, 15) is 0 Å². The van der Waals surface area contributed by atoms with Crippen LogP contribution >= 0.6 is 11.3 Å². The number of aryl methyl sites for hydroxylation is 1. The third kappa shape index (κ3) is 6.01. The average molecular weight is 792 g/mol. The Balaban J connectivity index is 1.17. The largest absolute Gasteiger partial charge is 0.310 e. The number of benzene rings is 7. The van der Waals surface area contributed by atoms with Crippen LogP contribution in [0.15, 0.2) is 181 Å². The van der Waals surface area contributed by atoms with Crippen LogP contribution in [0.25, 0.3) is 50.3 Å². The van der Waals surface area contributed by atoms with Crippen LogP contribution in [0.4, 0.5) is 34.1 Å². The van der Waals surface area contributed by atoms with Gasteiger partial charge in [-0.25, -0.2) is 0 Å². The molecule has 7 aromatic carbocycles. The van der Waals surface area contributed by atoms with Crippen LogP contribution in [-0.4, -0.2) is 4.57 Å². The second-order valence-corrected chi connectivity index (χ2v) is 17.5. The van der Waals surface area contributed by atoms with Gasteiger partial charge in [0.2, 0.25) is 0 Å². The van der Waals surface area contributed by atoms with Crippen LogP contribution in [0, 0.1) is 6.92 Å². The molecule has 0 amide bonds. The number of rotatable bonds is 8. The quantitative estimate of drug-likeness (QED) is 0.152. The molecule has 0 aliphatic heterocycles. The Morgan fingerprint density at radius 2 is 1.13 bits per heavy atom. The molecule has 0 fully saturated rings. The smallest absolute Gasteiger partial charge is 0.0999 e. The predicted octanol–water partition coefficient (Wildman–Crippen LogP) is 14.3. The van der Waals surface area contributed by atoms with E-state index in [0.29, 0.717) is 0 Å². The minimum absolute atomic E-state index is 0.130. The summed E-state index contributed by atoms with van der Waals surface area (Å²) in [5.41, 5.74) is 16.7. The number of fused-ring (bicyclic) bond motifs is 6. The Morgan fingerprint density at radius 1 is 0.500 bits per heavy atom. The molecule has 2 aliphatic rings. The van der Waals surface area contributed by atoms with Crippen molar-refractivity contribution < 1.29 is 0 Å². The first kappa shape index (κ1) is 36.2. The van der Waals surface area contributed by atoms with Gasteiger partial charge < -0.3 is 14.4 Å². The molecule has 2 heterocycles. The van der Waals surface area contributed by atoms with Crippen molar-refractivity contribution in [2.75, 3.05) is 9.80 Å². The molecular weight excluding hydrogens is 747 g/mol. The highest BCUT2D eigenvalue weighted by atomic mass is 32.1. The maximum Gasteiger partial charge on any atom is 0.0999 e. The third-order valence-electron chi connectivity index (χ3n) is 12.5. The number of para-hydroxylation sites is 2. The number of hydrogen-bond acceptors (Lipinski definition) is 3. The summed E-state index contributed by atoms with van der Waals surface area (Å²) in [5.74, 6) is 0. The van der Waals surface area contributed by atoms with Gasteiger partial charge in [0.25, 0.3) is 0 Å². The second-order valence-electron chi connectivity index (χ2n) is 16.6. The zero-order chi connectivity index (χ0) is 40.4. The molecule has 60 heavy (non-hydrogen) atoms. The van der Waals surface area contributed by atoms with Crippen LogP contribution < -0.4 is 20.4 Å². The highest BCUT2D eigenvalue weighted by Gasteiger charge is 2.36. The number of anilines is 6. The lowest BCUT2D eigenvalue weighted by atomic mass is 9.82. The molecule has 9 aromatic rings. The van der Waals surface area contributed by atoms with Crippen molar-refractivity contribution in [1.29, 1.82) is 0 Å². The topological polar surface area (TPSA) is 11.4 Å². The molecule has 0 N–H and O–H groups in total. The fourth-order valence-corrected chi connectivity index (χ4v) is 10.4. The van der Waals surface area contributed by atoms with Crippen LogP contribution in [0.2, 0.25) is 0 Å². The van der Waals surface area contributed by atoms with E-state index >= 15 is 0 Å². The van der Waals surface area contributed by atoms with Gasteiger partial charge in [-0.3, -0.25) is 0 Å². The molecule has 11 rings (SSSR count). The van der Waals surface area contributed by atoms with Gasteiger partial charge in [-0.05, 0) is 150 Å². The van der Waals surface area contributed by atoms with E-state index in [1.807, 2.05) is 0 Å². The van der Waals surface area contributed by atoms with E-state index in [1.54, 1.807) is 11.3 Å². The van der Waals surface area contributed by atoms with E-state index in [1.165, 1.54) is 59.9 Å². The van der Waals surface area contributed by atoms with Crippen molar-refractivity contribution in [3.8, 4) is 27.3 Å². The Hall–Kier alpha value is -6.88. The van der Waals surface area contributed by atoms with Crippen LogP contribution in [0.1, 0.15) is 43.4 Å². The zero-order valence-corrected chi connectivity index (χ0v) is 35.0. The summed E-state index contributed by atoms with van der Waals surface area (Å²) in [6.07, 6.45) is 6.97. The Bertz CT molecular complexity index is 3180. The molecule has 2 aromatic heterocycles. The normalized spacial score (nSPS) is 13.5. The molecule has 0 saturated heterocycles. The van der Waals surface area contributed by atoms with Gasteiger partial charge in [0, 0.05) is 50.1 Å². The number of thiophene rings is 1. The highest BCUT2D eigenvalue weighted by molar-refractivity contribution is 7.12. The lowest BCUT2D eigenvalue weighted by molar-refractivity contribution is 0.660. The maximum atomic E-state index is 2.45. The minimum Gasteiger partial charge on any atom is -0.310 e. The maximum absolute atomic E-state index is 2.45. The van der Waals surface area contributed by atoms with E-state index in [2.05, 4.69) is 229 Å². The van der Waals surface area contributed by atoms with Gasteiger partial charge in [-0.15, -0.1) is 11.3 Å². The first-order valence-electron chi connectivity index (χ1n) is 21.0. The number of aromatic nitrogens is 1. The Labute approximate surface area is 356 Å². The van der Waals surface area contributed by atoms with Gasteiger partial charge in [-0.1, -0.05) is 116 Å². The van der Waals surface area contributed by atoms with Crippen molar-refractivity contribution in [3.05, 3.63) is 209 Å². The third-order valence-corrected chi connectivity index (χ3v) is 13.4. The fourth-order valence-electron chi connectivity index (χ4n) is 9.61. The molecular formula is C56H45N3S. The summed E-state index contributed by atoms with van der Waals surface area (Å²) in [6.45, 7) is 6.88. The first-order valence-corrected chi connectivity index (χ1v) is 21.9. The Morgan fingerprint density at radius 3 is 1.85 bits per heavy atom. The summed E-state index contributed by atoms with van der Waals surface area (Å²) >= 11 is 1.79. The Kier molecular flexibility index (Phi) is 8.72. The molecule has 0 unspecified atom stereocenters. The summed E-state index contributed by atoms with van der Waals surface area (Å²) in [5, 5.41) is 7.35. The van der Waals surface area contributed by atoms with Crippen molar-refractivity contribution >= 4 is 68.5 Å². The molecule has 3 nitrogen and oxygen atoms in total. The molecule has 290 valence electrons. The van der Waals surface area contributed by atoms with Crippen LogP contribution in [0.5, 0.6) is 0 Å². The molecule has 0 radical (unpaired) electrons. The summed E-state index contributed by atoms with van der Waals surface area (Å²) in [6, 6.07) is 65.1. The van der Waals surface area contributed by atoms with Crippen molar-refractivity contribution in [3.63, 3.8) is 0 Å². The van der Waals surface area contributed by atoms with Gasteiger partial charge in [-0.2, -0.15) is 0 Å². The fraction of sp³-hybridized carbons (Fsp3) is 0.107. The minimum atomic E-state index is -0.130. The number of hydrogen-bond donors (Lipinski definition) is 0. The summed E-state index contributed by atoms with van der Waals surface area (Å²) < 4.78 is 2.45. The molecule has 0 spiro atoms. The lowest BCUT2D eigenvalue weighted by Gasteiger charge is -2.31. The monoisotopic (exact) mass is 791 g/mol. The van der Waals surface area contributed by atoms with Crippen molar-refractivity contribution in [1.82, 2.24) is 4.57 Å². The number of nitrogens with zero attached hydrogens (tertiary/aromatic N) is 3. The summed E-state index contributed by atoms with van der Waals surface area (Å²) in [4.78, 5) is 4.84.